The molecule has 176 valence electrons. The summed E-state index contributed by atoms with van der Waals surface area (Å²) < 4.78 is 27.0. The van der Waals surface area contributed by atoms with Gasteiger partial charge in [0.15, 0.2) is 9.84 Å². The standard InChI is InChI=1S/C22H25BrClN5O3S/c1-3-33(31,32)21-5-4-15(24)9-20(21)27-29-13-26-19-8-14(18(23)10-17(19)22(29)30)11-28-7-6-16(12-28)25-2/h4-5,8-10,13,16,25,27H,3,6-7,11-12H2,1-2H3/t16-/m1/s1. The van der Waals surface area contributed by atoms with Gasteiger partial charge in [0.1, 0.15) is 6.33 Å². The lowest BCUT2D eigenvalue weighted by Gasteiger charge is -2.18. The van der Waals surface area contributed by atoms with Crippen molar-refractivity contribution in [3.63, 3.8) is 0 Å². The quantitative estimate of drug-likeness (QED) is 0.463. The van der Waals surface area contributed by atoms with E-state index in [1.165, 1.54) is 29.2 Å². The molecular formula is C22H25BrClN5O3S. The summed E-state index contributed by atoms with van der Waals surface area (Å²) >= 11 is 9.69. The van der Waals surface area contributed by atoms with Gasteiger partial charge in [0, 0.05) is 35.2 Å². The number of rotatable bonds is 7. The number of hydrogen-bond acceptors (Lipinski definition) is 7. The third-order valence-corrected chi connectivity index (χ3v) is 8.66. The number of likely N-dealkylation sites (tertiary alicyclic amines) is 1. The van der Waals surface area contributed by atoms with Crippen LogP contribution in [0, 0.1) is 0 Å². The SMILES string of the molecule is CCS(=O)(=O)c1ccc(Cl)cc1Nn1cnc2cc(CN3CC[C@@H](NC)C3)c(Br)cc2c1=O. The lowest BCUT2D eigenvalue weighted by molar-refractivity contribution is 0.322. The number of fused-ring (bicyclic) bond motifs is 1. The molecule has 2 N–H and O–H groups in total. The Morgan fingerprint density at radius 2 is 2.06 bits per heavy atom. The number of hydrogen-bond donors (Lipinski definition) is 2. The van der Waals surface area contributed by atoms with Gasteiger partial charge in [-0.05, 0) is 49.4 Å². The van der Waals surface area contributed by atoms with E-state index in [1.807, 2.05) is 13.1 Å². The highest BCUT2D eigenvalue weighted by Crippen LogP contribution is 2.27. The zero-order chi connectivity index (χ0) is 23.8. The molecule has 1 fully saturated rings. The summed E-state index contributed by atoms with van der Waals surface area (Å²) in [6.45, 7) is 4.31. The first kappa shape index (κ1) is 24.2. The Balaban J connectivity index is 1.67. The van der Waals surface area contributed by atoms with Crippen molar-refractivity contribution in [1.82, 2.24) is 19.9 Å². The molecule has 3 aromatic rings. The Bertz CT molecular complexity index is 1360. The molecule has 4 rings (SSSR count). The van der Waals surface area contributed by atoms with Crippen molar-refractivity contribution in [3.8, 4) is 0 Å². The number of sulfone groups is 1. The van der Waals surface area contributed by atoms with Gasteiger partial charge in [-0.15, -0.1) is 0 Å². The highest BCUT2D eigenvalue weighted by atomic mass is 79.9. The molecule has 0 saturated carbocycles. The smallest absolute Gasteiger partial charge is 0.280 e. The molecule has 8 nitrogen and oxygen atoms in total. The Labute approximate surface area is 206 Å². The average molecular weight is 555 g/mol. The molecule has 0 amide bonds. The predicted molar refractivity (Wildman–Crippen MR) is 135 cm³/mol. The second-order valence-electron chi connectivity index (χ2n) is 8.05. The molecule has 0 unspecified atom stereocenters. The van der Waals surface area contributed by atoms with Gasteiger partial charge in [-0.25, -0.2) is 18.1 Å². The van der Waals surface area contributed by atoms with E-state index in [4.69, 9.17) is 11.6 Å². The lowest BCUT2D eigenvalue weighted by Crippen LogP contribution is -2.29. The van der Waals surface area contributed by atoms with E-state index in [-0.39, 0.29) is 21.9 Å². The van der Waals surface area contributed by atoms with E-state index in [1.54, 1.807) is 13.0 Å². The fraction of sp³-hybridized carbons (Fsp3) is 0.364. The summed E-state index contributed by atoms with van der Waals surface area (Å²) in [5.74, 6) is -0.0734. The van der Waals surface area contributed by atoms with E-state index in [0.717, 1.165) is 36.1 Å². The first-order valence-corrected chi connectivity index (χ1v) is 13.4. The third kappa shape index (κ3) is 5.09. The van der Waals surface area contributed by atoms with Crippen molar-refractivity contribution >= 4 is 54.0 Å². The molecule has 0 spiro atoms. The monoisotopic (exact) mass is 553 g/mol. The number of anilines is 1. The van der Waals surface area contributed by atoms with Crippen LogP contribution in [0.2, 0.25) is 5.02 Å². The normalized spacial score (nSPS) is 17.0. The molecule has 0 radical (unpaired) electrons. The minimum Gasteiger partial charge on any atom is -0.316 e. The van der Waals surface area contributed by atoms with Crippen LogP contribution in [0.3, 0.4) is 0 Å². The zero-order valence-electron chi connectivity index (χ0n) is 18.3. The van der Waals surface area contributed by atoms with Crippen LogP contribution in [0.4, 0.5) is 5.69 Å². The van der Waals surface area contributed by atoms with Gasteiger partial charge in [-0.1, -0.05) is 34.5 Å². The molecular weight excluding hydrogens is 530 g/mol. The van der Waals surface area contributed by atoms with Gasteiger partial charge in [-0.2, -0.15) is 0 Å². The molecule has 2 heterocycles. The van der Waals surface area contributed by atoms with E-state index in [9.17, 15) is 13.2 Å². The summed E-state index contributed by atoms with van der Waals surface area (Å²) in [4.78, 5) is 20.1. The maximum absolute atomic E-state index is 13.2. The highest BCUT2D eigenvalue weighted by molar-refractivity contribution is 9.10. The second kappa shape index (κ2) is 9.71. The average Bonchev–Trinajstić information content (AvgIpc) is 3.24. The van der Waals surface area contributed by atoms with Crippen LogP contribution in [0.25, 0.3) is 10.9 Å². The zero-order valence-corrected chi connectivity index (χ0v) is 21.5. The van der Waals surface area contributed by atoms with Crippen LogP contribution in [-0.2, 0) is 16.4 Å². The minimum atomic E-state index is -3.52. The summed E-state index contributed by atoms with van der Waals surface area (Å²) in [6, 6.07) is 8.61. The van der Waals surface area contributed by atoms with Gasteiger partial charge in [-0.3, -0.25) is 15.1 Å². The number of aromatic nitrogens is 2. The molecule has 0 bridgehead atoms. The number of likely N-dealkylation sites (N-methyl/N-ethyl adjacent to an activating group) is 1. The van der Waals surface area contributed by atoms with E-state index < -0.39 is 9.84 Å². The molecule has 2 aromatic carbocycles. The van der Waals surface area contributed by atoms with Crippen LogP contribution in [-0.4, -0.2) is 54.9 Å². The molecule has 33 heavy (non-hydrogen) atoms. The third-order valence-electron chi connectivity index (χ3n) is 5.90. The number of nitrogens with one attached hydrogen (secondary N) is 2. The molecule has 1 saturated heterocycles. The molecule has 1 atom stereocenters. The van der Waals surface area contributed by atoms with Gasteiger partial charge >= 0.3 is 0 Å². The number of nitrogens with zero attached hydrogens (tertiary/aromatic N) is 3. The molecule has 1 aliphatic heterocycles. The van der Waals surface area contributed by atoms with E-state index in [2.05, 4.69) is 36.6 Å². The maximum Gasteiger partial charge on any atom is 0.280 e. The van der Waals surface area contributed by atoms with Crippen molar-refractivity contribution in [3.05, 3.63) is 62.1 Å². The van der Waals surface area contributed by atoms with Gasteiger partial charge < -0.3 is 5.32 Å². The van der Waals surface area contributed by atoms with Crippen molar-refractivity contribution in [2.45, 2.75) is 30.8 Å². The van der Waals surface area contributed by atoms with Crippen molar-refractivity contribution in [1.29, 1.82) is 0 Å². The fourth-order valence-electron chi connectivity index (χ4n) is 3.98. The fourth-order valence-corrected chi connectivity index (χ4v) is 5.65. The van der Waals surface area contributed by atoms with E-state index in [0.29, 0.717) is 22.0 Å². The Hall–Kier alpha value is -1.98. The van der Waals surface area contributed by atoms with Gasteiger partial charge in [0.05, 0.1) is 27.2 Å². The first-order valence-electron chi connectivity index (χ1n) is 10.6. The summed E-state index contributed by atoms with van der Waals surface area (Å²) in [6.07, 6.45) is 2.47. The van der Waals surface area contributed by atoms with Crippen LogP contribution < -0.4 is 16.3 Å². The van der Waals surface area contributed by atoms with Crippen molar-refractivity contribution in [2.75, 3.05) is 31.3 Å². The summed E-state index contributed by atoms with van der Waals surface area (Å²) in [7, 11) is -1.55. The largest absolute Gasteiger partial charge is 0.316 e. The Kier molecular flexibility index (Phi) is 7.11. The van der Waals surface area contributed by atoms with Gasteiger partial charge in [0.2, 0.25) is 0 Å². The van der Waals surface area contributed by atoms with Crippen LogP contribution >= 0.6 is 27.5 Å². The Morgan fingerprint density at radius 1 is 1.27 bits per heavy atom. The second-order valence-corrected chi connectivity index (χ2v) is 11.6. The molecule has 1 aromatic heterocycles. The first-order chi connectivity index (χ1) is 15.7. The number of halogens is 2. The van der Waals surface area contributed by atoms with Crippen molar-refractivity contribution < 1.29 is 8.42 Å². The lowest BCUT2D eigenvalue weighted by atomic mass is 10.1. The van der Waals surface area contributed by atoms with E-state index >= 15 is 0 Å². The van der Waals surface area contributed by atoms with Gasteiger partial charge in [0.25, 0.3) is 5.56 Å². The molecule has 1 aliphatic rings. The maximum atomic E-state index is 13.2. The summed E-state index contributed by atoms with van der Waals surface area (Å²) in [5, 5.41) is 4.08. The topological polar surface area (TPSA) is 96.3 Å². The van der Waals surface area contributed by atoms with Crippen LogP contribution in [0.15, 0.2) is 50.8 Å². The highest BCUT2D eigenvalue weighted by Gasteiger charge is 2.22. The molecule has 0 aliphatic carbocycles. The molecule has 11 heteroatoms. The predicted octanol–water partition coefficient (Wildman–Crippen LogP) is 3.27. The summed E-state index contributed by atoms with van der Waals surface area (Å²) in [5.41, 5.74) is 4.38. The van der Waals surface area contributed by atoms with Crippen LogP contribution in [0.5, 0.6) is 0 Å². The van der Waals surface area contributed by atoms with Crippen LogP contribution in [0.1, 0.15) is 18.9 Å². The Morgan fingerprint density at radius 3 is 2.76 bits per heavy atom. The minimum absolute atomic E-state index is 0.0726. The van der Waals surface area contributed by atoms with Crippen molar-refractivity contribution in [2.24, 2.45) is 0 Å². The number of benzene rings is 2.